The molecule has 3 nitrogen and oxygen atoms in total. The number of nitrogens with one attached hydrogen (secondary N) is 1. The van der Waals surface area contributed by atoms with E-state index < -0.39 is 0 Å². The van der Waals surface area contributed by atoms with E-state index in [-0.39, 0.29) is 17.8 Å². The van der Waals surface area contributed by atoms with Crippen LogP contribution in [-0.4, -0.2) is 36.5 Å². The molecule has 21 heavy (non-hydrogen) atoms. The number of hydrogen-bond acceptors (Lipinski definition) is 2. The maximum atomic E-state index is 12.9. The first-order chi connectivity index (χ1) is 10.2. The molecule has 1 aromatic carbocycles. The Hall–Kier alpha value is -1.42. The van der Waals surface area contributed by atoms with Crippen LogP contribution in [-0.2, 0) is 11.2 Å². The molecule has 114 valence electrons. The van der Waals surface area contributed by atoms with E-state index in [0.29, 0.717) is 5.92 Å². The van der Waals surface area contributed by atoms with E-state index in [4.69, 9.17) is 0 Å². The van der Waals surface area contributed by atoms with Crippen LogP contribution < -0.4 is 5.32 Å². The number of rotatable bonds is 3. The smallest absolute Gasteiger partial charge is 0.239 e. The Morgan fingerprint density at radius 1 is 1.19 bits per heavy atom. The van der Waals surface area contributed by atoms with Crippen molar-refractivity contribution >= 4 is 5.91 Å². The van der Waals surface area contributed by atoms with E-state index in [0.717, 1.165) is 51.7 Å². The minimum absolute atomic E-state index is 0.0543. The molecule has 0 unspecified atom stereocenters. The fraction of sp³-hybridized carbons (Fsp3) is 0.588. The predicted molar refractivity (Wildman–Crippen MR) is 80.4 cm³/mol. The minimum Gasteiger partial charge on any atom is -0.341 e. The van der Waals surface area contributed by atoms with Crippen molar-refractivity contribution in [3.63, 3.8) is 0 Å². The molecule has 1 atom stereocenters. The summed E-state index contributed by atoms with van der Waals surface area (Å²) in [6, 6.07) is 6.85. The minimum atomic E-state index is -0.178. The summed E-state index contributed by atoms with van der Waals surface area (Å²) < 4.78 is 12.9. The summed E-state index contributed by atoms with van der Waals surface area (Å²) in [5, 5.41) is 3.28. The maximum absolute atomic E-state index is 12.9. The Bertz CT molecular complexity index is 474. The van der Waals surface area contributed by atoms with Gasteiger partial charge in [0.05, 0.1) is 6.04 Å². The first-order valence-corrected chi connectivity index (χ1v) is 7.99. The van der Waals surface area contributed by atoms with Gasteiger partial charge in [-0.1, -0.05) is 12.1 Å². The van der Waals surface area contributed by atoms with Crippen molar-refractivity contribution in [2.24, 2.45) is 5.92 Å². The Balaban J connectivity index is 1.48. The average molecular weight is 290 g/mol. The molecule has 4 heteroatoms. The third-order valence-electron chi connectivity index (χ3n) is 4.72. The quantitative estimate of drug-likeness (QED) is 0.927. The third kappa shape index (κ3) is 3.62. The number of carbonyl (C=O) groups is 1. The van der Waals surface area contributed by atoms with Crippen LogP contribution >= 0.6 is 0 Å². The third-order valence-corrected chi connectivity index (χ3v) is 4.72. The van der Waals surface area contributed by atoms with Crippen molar-refractivity contribution in [2.45, 2.75) is 38.1 Å². The highest BCUT2D eigenvalue weighted by Gasteiger charge is 2.29. The largest absolute Gasteiger partial charge is 0.341 e. The van der Waals surface area contributed by atoms with E-state index in [1.807, 2.05) is 17.0 Å². The molecule has 0 aromatic heterocycles. The molecule has 1 amide bonds. The van der Waals surface area contributed by atoms with Gasteiger partial charge in [0.1, 0.15) is 5.82 Å². The lowest BCUT2D eigenvalue weighted by molar-refractivity contribution is -0.134. The summed E-state index contributed by atoms with van der Waals surface area (Å²) in [7, 11) is 0. The van der Waals surface area contributed by atoms with Crippen LogP contribution in [0.1, 0.15) is 31.2 Å². The van der Waals surface area contributed by atoms with Crippen molar-refractivity contribution in [1.29, 1.82) is 0 Å². The maximum Gasteiger partial charge on any atom is 0.239 e. The lowest BCUT2D eigenvalue weighted by atomic mass is 9.90. The summed E-state index contributed by atoms with van der Waals surface area (Å²) in [6.45, 7) is 2.70. The molecule has 0 radical (unpaired) electrons. The van der Waals surface area contributed by atoms with Gasteiger partial charge in [0.15, 0.2) is 0 Å². The number of amides is 1. The van der Waals surface area contributed by atoms with E-state index in [1.165, 1.54) is 17.7 Å². The first kappa shape index (κ1) is 14.5. The van der Waals surface area contributed by atoms with Crippen molar-refractivity contribution < 1.29 is 9.18 Å². The number of likely N-dealkylation sites (tertiary alicyclic amines) is 1. The van der Waals surface area contributed by atoms with Gasteiger partial charge in [0.2, 0.25) is 5.91 Å². The summed E-state index contributed by atoms with van der Waals surface area (Å²) >= 11 is 0. The Morgan fingerprint density at radius 3 is 2.52 bits per heavy atom. The molecule has 0 spiro atoms. The number of carbonyl (C=O) groups excluding carboxylic acids is 1. The zero-order valence-electron chi connectivity index (χ0n) is 12.4. The SMILES string of the molecule is O=C([C@@H]1CCCN1)N1CCC(Cc2ccc(F)cc2)CC1. The molecular weight excluding hydrogens is 267 g/mol. The van der Waals surface area contributed by atoms with Crippen LogP contribution in [0.5, 0.6) is 0 Å². The Morgan fingerprint density at radius 2 is 1.90 bits per heavy atom. The molecule has 2 fully saturated rings. The Kier molecular flexibility index (Phi) is 4.54. The molecule has 2 aliphatic heterocycles. The van der Waals surface area contributed by atoms with Crippen molar-refractivity contribution in [1.82, 2.24) is 10.2 Å². The van der Waals surface area contributed by atoms with Gasteiger partial charge in [-0.25, -0.2) is 4.39 Å². The molecular formula is C17H23FN2O. The van der Waals surface area contributed by atoms with Crippen LogP contribution in [0.4, 0.5) is 4.39 Å². The standard InChI is InChI=1S/C17H23FN2O/c18-15-5-3-13(4-6-15)12-14-7-10-20(11-8-14)17(21)16-2-1-9-19-16/h3-6,14,16,19H,1-2,7-12H2/t16-/m0/s1. The second-order valence-electron chi connectivity index (χ2n) is 6.25. The zero-order chi connectivity index (χ0) is 14.7. The highest BCUT2D eigenvalue weighted by atomic mass is 19.1. The number of halogens is 1. The molecule has 2 heterocycles. The second kappa shape index (κ2) is 6.56. The van der Waals surface area contributed by atoms with Crippen LogP contribution in [0.2, 0.25) is 0 Å². The van der Waals surface area contributed by atoms with Gasteiger partial charge in [0, 0.05) is 13.1 Å². The van der Waals surface area contributed by atoms with Crippen molar-refractivity contribution in [3.8, 4) is 0 Å². The number of piperidine rings is 1. The molecule has 0 bridgehead atoms. The predicted octanol–water partition coefficient (Wildman–Crippen LogP) is 2.36. The summed E-state index contributed by atoms with van der Waals surface area (Å²) in [5.74, 6) is 0.715. The monoisotopic (exact) mass is 290 g/mol. The average Bonchev–Trinajstić information content (AvgIpc) is 3.04. The van der Waals surface area contributed by atoms with Crippen LogP contribution in [0.15, 0.2) is 24.3 Å². The van der Waals surface area contributed by atoms with E-state index in [1.54, 1.807) is 0 Å². The van der Waals surface area contributed by atoms with Gasteiger partial charge in [-0.15, -0.1) is 0 Å². The number of hydrogen-bond donors (Lipinski definition) is 1. The van der Waals surface area contributed by atoms with Gasteiger partial charge in [0.25, 0.3) is 0 Å². The zero-order valence-corrected chi connectivity index (χ0v) is 12.4. The molecule has 0 aliphatic carbocycles. The molecule has 1 N–H and O–H groups in total. The van der Waals surface area contributed by atoms with Gasteiger partial charge >= 0.3 is 0 Å². The van der Waals surface area contributed by atoms with Crippen molar-refractivity contribution in [2.75, 3.05) is 19.6 Å². The van der Waals surface area contributed by atoms with Crippen molar-refractivity contribution in [3.05, 3.63) is 35.6 Å². The van der Waals surface area contributed by atoms with Crippen LogP contribution in [0.3, 0.4) is 0 Å². The summed E-state index contributed by atoms with van der Waals surface area (Å²) in [6.07, 6.45) is 5.18. The van der Waals surface area contributed by atoms with E-state index in [9.17, 15) is 9.18 Å². The molecule has 2 aliphatic rings. The second-order valence-corrected chi connectivity index (χ2v) is 6.25. The fourth-order valence-corrected chi connectivity index (χ4v) is 3.43. The normalized spacial score (nSPS) is 23.5. The van der Waals surface area contributed by atoms with Gasteiger partial charge in [-0.2, -0.15) is 0 Å². The Labute approximate surface area is 125 Å². The van der Waals surface area contributed by atoms with Gasteiger partial charge < -0.3 is 10.2 Å². The van der Waals surface area contributed by atoms with E-state index >= 15 is 0 Å². The molecule has 0 saturated carbocycles. The van der Waals surface area contributed by atoms with Crippen LogP contribution in [0.25, 0.3) is 0 Å². The molecule has 3 rings (SSSR count). The topological polar surface area (TPSA) is 32.3 Å². The molecule has 2 saturated heterocycles. The lowest BCUT2D eigenvalue weighted by Gasteiger charge is -2.33. The van der Waals surface area contributed by atoms with Gasteiger partial charge in [-0.05, 0) is 62.3 Å². The highest BCUT2D eigenvalue weighted by molar-refractivity contribution is 5.82. The molecule has 1 aromatic rings. The van der Waals surface area contributed by atoms with Crippen LogP contribution in [0, 0.1) is 11.7 Å². The highest BCUT2D eigenvalue weighted by Crippen LogP contribution is 2.23. The first-order valence-electron chi connectivity index (χ1n) is 7.99. The van der Waals surface area contributed by atoms with E-state index in [2.05, 4.69) is 5.32 Å². The number of benzene rings is 1. The fourth-order valence-electron chi connectivity index (χ4n) is 3.43. The number of nitrogens with zero attached hydrogens (tertiary/aromatic N) is 1. The van der Waals surface area contributed by atoms with Gasteiger partial charge in [-0.3, -0.25) is 4.79 Å². The summed E-state index contributed by atoms with van der Waals surface area (Å²) in [5.41, 5.74) is 1.19. The lowest BCUT2D eigenvalue weighted by Crippen LogP contribution is -2.47. The summed E-state index contributed by atoms with van der Waals surface area (Å²) in [4.78, 5) is 14.3.